The Balaban J connectivity index is 0. The van der Waals surface area contributed by atoms with E-state index in [2.05, 4.69) is 6.92 Å². The first-order valence-corrected chi connectivity index (χ1v) is 4.33. The van der Waals surface area contributed by atoms with Gasteiger partial charge < -0.3 is 0 Å². The predicted octanol–water partition coefficient (Wildman–Crippen LogP) is 1.65. The number of hydrogen-bond acceptors (Lipinski definition) is 0. The largest absolute Gasteiger partial charge is 0.211 e. The van der Waals surface area contributed by atoms with Gasteiger partial charge in [0.2, 0.25) is 16.3 Å². The number of halogens is 1. The van der Waals surface area contributed by atoms with Crippen molar-refractivity contribution in [3.63, 3.8) is 0 Å². The highest BCUT2D eigenvalue weighted by Gasteiger charge is 1.76. The van der Waals surface area contributed by atoms with E-state index in [1.165, 1.54) is 40.8 Å². The highest BCUT2D eigenvalue weighted by Crippen LogP contribution is 1.94. The zero-order valence-corrected chi connectivity index (χ0v) is 8.05. The van der Waals surface area contributed by atoms with Crippen LogP contribution in [-0.2, 0) is 0 Å². The molecule has 44 valence electrons. The molecule has 0 aromatic heterocycles. The van der Waals surface area contributed by atoms with Gasteiger partial charge in [-0.25, -0.2) is 0 Å². The van der Waals surface area contributed by atoms with Crippen LogP contribution in [0.4, 0.5) is 0 Å². The molecule has 0 N–H and O–H groups in total. The van der Waals surface area contributed by atoms with Gasteiger partial charge in [0.25, 0.3) is 0 Å². The minimum atomic E-state index is 0. The fourth-order valence-corrected chi connectivity index (χ4v) is 1.000. The van der Waals surface area contributed by atoms with E-state index < -0.39 is 0 Å². The van der Waals surface area contributed by atoms with Crippen molar-refractivity contribution in [1.29, 1.82) is 0 Å². The van der Waals surface area contributed by atoms with E-state index in [1.54, 1.807) is 0 Å². The van der Waals surface area contributed by atoms with E-state index in [1.807, 2.05) is 0 Å². The van der Waals surface area contributed by atoms with Crippen molar-refractivity contribution in [2.75, 3.05) is 0 Å². The van der Waals surface area contributed by atoms with Gasteiger partial charge in [-0.1, -0.05) is 26.2 Å². The van der Waals surface area contributed by atoms with Crippen LogP contribution in [0.25, 0.3) is 0 Å². The Bertz CT molecular complexity index is 20.0. The first-order chi connectivity index (χ1) is 2.91. The predicted molar refractivity (Wildman–Crippen MR) is 40.1 cm³/mol. The van der Waals surface area contributed by atoms with Crippen molar-refractivity contribution in [3.05, 3.63) is 0 Å². The van der Waals surface area contributed by atoms with Crippen molar-refractivity contribution >= 4 is 28.7 Å². The van der Waals surface area contributed by atoms with Crippen LogP contribution in [0.2, 0.25) is 5.28 Å². The fourth-order valence-electron chi connectivity index (χ4n) is 0.500. The smallest absolute Gasteiger partial charge is 0.147 e. The summed E-state index contributed by atoms with van der Waals surface area (Å²) in [5.41, 5.74) is 0. The molecule has 7 heavy (non-hydrogen) atoms. The molecule has 0 rings (SSSR count). The molecule has 0 saturated heterocycles. The van der Waals surface area contributed by atoms with E-state index in [0.29, 0.717) is 0 Å². The Labute approximate surface area is 60.5 Å². The lowest BCUT2D eigenvalue weighted by Crippen LogP contribution is -1.69. The molecule has 0 aliphatic heterocycles. The number of hydrogen-bond donors (Lipinski definition) is 0. The Morgan fingerprint density at radius 3 is 2.00 bits per heavy atom. The fraction of sp³-hybridized carbons (Fsp3) is 1.00. The zero-order chi connectivity index (χ0) is 4.83. The van der Waals surface area contributed by atoms with Crippen LogP contribution in [0, 0.1) is 0 Å². The lowest BCUT2D eigenvalue weighted by atomic mass is 10.3. The molecule has 0 aliphatic carbocycles. The van der Waals surface area contributed by atoms with E-state index in [0.717, 1.165) is 0 Å². The molecule has 0 unspecified atom stereocenters. The molecule has 0 aromatic carbocycles. The minimum Gasteiger partial charge on any atom is -0.147 e. The molecule has 0 amide bonds. The third-order valence-electron chi connectivity index (χ3n) is 0.957. The maximum atomic E-state index is 2.25. The molecular formula is C5H14AlCl. The number of rotatable bonds is 3. The summed E-state index contributed by atoms with van der Waals surface area (Å²) >= 11 is 1.40. The minimum absolute atomic E-state index is 0. The van der Waals surface area contributed by atoms with Crippen molar-refractivity contribution in [3.8, 4) is 0 Å². The highest BCUT2D eigenvalue weighted by atomic mass is 35.5. The summed E-state index contributed by atoms with van der Waals surface area (Å²) in [5.74, 6) is 0. The first-order valence-electron chi connectivity index (χ1n) is 2.91. The maximum absolute atomic E-state index is 2.25. The molecule has 0 nitrogen and oxygen atoms in total. The molecular weight excluding hydrogens is 122 g/mol. The van der Waals surface area contributed by atoms with Crippen LogP contribution < -0.4 is 0 Å². The lowest BCUT2D eigenvalue weighted by molar-refractivity contribution is 0.771. The second kappa shape index (κ2) is 9.95. The third kappa shape index (κ3) is 10.9. The second-order valence-electron chi connectivity index (χ2n) is 1.71. The van der Waals surface area contributed by atoms with Crippen molar-refractivity contribution < 1.29 is 0 Å². The normalized spacial score (nSPS) is 7.57. The van der Waals surface area contributed by atoms with Gasteiger partial charge in [-0.3, -0.25) is 0 Å². The zero-order valence-electron chi connectivity index (χ0n) is 5.24. The van der Waals surface area contributed by atoms with E-state index in [9.17, 15) is 0 Å². The highest BCUT2D eigenvalue weighted by molar-refractivity contribution is 6.08. The van der Waals surface area contributed by atoms with Gasteiger partial charge in [0.1, 0.15) is 0 Å². The topological polar surface area (TPSA) is 0 Å². The Morgan fingerprint density at radius 2 is 1.86 bits per heavy atom. The van der Waals surface area contributed by atoms with E-state index >= 15 is 0 Å². The van der Waals surface area contributed by atoms with Gasteiger partial charge in [0.15, 0.2) is 0 Å². The molecule has 0 atom stereocenters. The van der Waals surface area contributed by atoms with Crippen molar-refractivity contribution in [2.45, 2.75) is 31.5 Å². The van der Waals surface area contributed by atoms with Crippen molar-refractivity contribution in [2.24, 2.45) is 0 Å². The molecule has 0 radical (unpaired) electrons. The quantitative estimate of drug-likeness (QED) is 0.409. The van der Waals surface area contributed by atoms with Gasteiger partial charge in [-0.2, -0.15) is 0 Å². The Morgan fingerprint density at radius 1 is 1.29 bits per heavy atom. The summed E-state index contributed by atoms with van der Waals surface area (Å²) in [6.45, 7) is 2.25. The SMILES string of the molecule is CCCC[CH2][AlH2].Cl. The second-order valence-corrected chi connectivity index (χ2v) is 2.71. The van der Waals surface area contributed by atoms with Crippen molar-refractivity contribution in [1.82, 2.24) is 0 Å². The summed E-state index contributed by atoms with van der Waals surface area (Å²) < 4.78 is 0. The molecule has 0 spiro atoms. The molecule has 0 heterocycles. The molecule has 0 bridgehead atoms. The monoisotopic (exact) mass is 136 g/mol. The van der Waals surface area contributed by atoms with Gasteiger partial charge in [-0.05, 0) is 0 Å². The number of unbranched alkanes of at least 4 members (excludes halogenated alkanes) is 2. The van der Waals surface area contributed by atoms with Crippen LogP contribution in [-0.4, -0.2) is 16.3 Å². The van der Waals surface area contributed by atoms with Gasteiger partial charge in [0, 0.05) is 0 Å². The van der Waals surface area contributed by atoms with Crippen LogP contribution in [0.3, 0.4) is 0 Å². The summed E-state index contributed by atoms with van der Waals surface area (Å²) in [4.78, 5) is 0. The van der Waals surface area contributed by atoms with E-state index in [-0.39, 0.29) is 12.4 Å². The molecule has 0 saturated carbocycles. The lowest BCUT2D eigenvalue weighted by Gasteiger charge is -1.86. The summed E-state index contributed by atoms with van der Waals surface area (Å²) in [5, 5.41) is 1.49. The van der Waals surface area contributed by atoms with E-state index in [4.69, 9.17) is 0 Å². The first kappa shape index (κ1) is 10.7. The van der Waals surface area contributed by atoms with Crippen LogP contribution >= 0.6 is 12.4 Å². The summed E-state index contributed by atoms with van der Waals surface area (Å²) in [7, 11) is 0. The van der Waals surface area contributed by atoms with Crippen LogP contribution in [0.15, 0.2) is 0 Å². The average molecular weight is 137 g/mol. The van der Waals surface area contributed by atoms with Gasteiger partial charge >= 0.3 is 0 Å². The molecule has 0 aromatic rings. The summed E-state index contributed by atoms with van der Waals surface area (Å²) in [6.07, 6.45) is 4.30. The van der Waals surface area contributed by atoms with Gasteiger partial charge in [-0.15, -0.1) is 17.7 Å². The molecule has 0 fully saturated rings. The summed E-state index contributed by atoms with van der Waals surface area (Å²) in [6, 6.07) is 0. The molecule has 0 aliphatic rings. The Hall–Kier alpha value is 0.822. The average Bonchev–Trinajstić information content (AvgIpc) is 1.61. The standard InChI is InChI=1S/C5H11.Al.ClH.2H/c1-3-5-4-2;;;;/h1,3-5H2,2H3;;1H;;. The van der Waals surface area contributed by atoms with Crippen LogP contribution in [0.5, 0.6) is 0 Å². The molecule has 2 heteroatoms. The van der Waals surface area contributed by atoms with Gasteiger partial charge in [0.05, 0.1) is 0 Å². The maximum Gasteiger partial charge on any atom is 0.211 e. The third-order valence-corrected chi connectivity index (χ3v) is 1.66. The Kier molecular flexibility index (Phi) is 15.3. The van der Waals surface area contributed by atoms with Crippen LogP contribution in [0.1, 0.15) is 26.2 Å².